The number of piperidine rings is 1. The van der Waals surface area contributed by atoms with Crippen molar-refractivity contribution in [3.05, 3.63) is 0 Å². The molecule has 0 bridgehead atoms. The second kappa shape index (κ2) is 5.83. The molecule has 2 N–H and O–H groups in total. The van der Waals surface area contributed by atoms with Crippen LogP contribution in [0.25, 0.3) is 0 Å². The maximum atomic E-state index is 12.1. The lowest BCUT2D eigenvalue weighted by molar-refractivity contribution is -0.127. The number of rotatable bonds is 3. The molecule has 17 heavy (non-hydrogen) atoms. The molecule has 4 heteroatoms. The molecule has 0 aromatic carbocycles. The van der Waals surface area contributed by atoms with E-state index in [2.05, 4.69) is 24.5 Å². The van der Waals surface area contributed by atoms with Crippen molar-refractivity contribution in [2.75, 3.05) is 13.2 Å². The third kappa shape index (κ3) is 3.42. The van der Waals surface area contributed by atoms with Crippen LogP contribution in [-0.4, -0.2) is 37.2 Å². The van der Waals surface area contributed by atoms with Crippen molar-refractivity contribution >= 4 is 5.91 Å². The van der Waals surface area contributed by atoms with Crippen LogP contribution in [0.15, 0.2) is 0 Å². The predicted molar refractivity (Wildman–Crippen MR) is 66.8 cm³/mol. The number of hydrogen-bond donors (Lipinski definition) is 2. The number of carbonyl (C=O) groups is 1. The van der Waals surface area contributed by atoms with Gasteiger partial charge in [0.25, 0.3) is 0 Å². The molecule has 2 aliphatic rings. The third-order valence-electron chi connectivity index (χ3n) is 3.89. The topological polar surface area (TPSA) is 50.4 Å². The van der Waals surface area contributed by atoms with Gasteiger partial charge in [-0.25, -0.2) is 0 Å². The molecule has 0 aliphatic carbocycles. The SMILES string of the molecule is CC(NC(=O)[C@H]1CCN[C@@H](C)C1)C1CCCO1. The van der Waals surface area contributed by atoms with E-state index < -0.39 is 0 Å². The summed E-state index contributed by atoms with van der Waals surface area (Å²) in [6.45, 7) is 5.99. The van der Waals surface area contributed by atoms with E-state index in [1.807, 2.05) is 0 Å². The van der Waals surface area contributed by atoms with Crippen molar-refractivity contribution in [2.24, 2.45) is 5.92 Å². The van der Waals surface area contributed by atoms with Gasteiger partial charge in [-0.1, -0.05) is 0 Å². The van der Waals surface area contributed by atoms with E-state index in [1.165, 1.54) is 0 Å². The molecule has 2 rings (SSSR count). The lowest BCUT2D eigenvalue weighted by Crippen LogP contribution is -2.47. The summed E-state index contributed by atoms with van der Waals surface area (Å²) in [7, 11) is 0. The van der Waals surface area contributed by atoms with Crippen molar-refractivity contribution in [1.29, 1.82) is 0 Å². The second-order valence-electron chi connectivity index (χ2n) is 5.43. The molecule has 2 saturated heterocycles. The van der Waals surface area contributed by atoms with Gasteiger partial charge in [0.2, 0.25) is 5.91 Å². The van der Waals surface area contributed by atoms with E-state index in [1.54, 1.807) is 0 Å². The Morgan fingerprint density at radius 1 is 1.47 bits per heavy atom. The Balaban J connectivity index is 1.79. The summed E-state index contributed by atoms with van der Waals surface area (Å²) in [5.41, 5.74) is 0. The van der Waals surface area contributed by atoms with Gasteiger partial charge >= 0.3 is 0 Å². The summed E-state index contributed by atoms with van der Waals surface area (Å²) in [5.74, 6) is 0.386. The van der Waals surface area contributed by atoms with Crippen molar-refractivity contribution in [3.63, 3.8) is 0 Å². The first-order chi connectivity index (χ1) is 8.16. The summed E-state index contributed by atoms with van der Waals surface area (Å²) >= 11 is 0. The molecule has 0 aromatic heterocycles. The van der Waals surface area contributed by atoms with Crippen LogP contribution in [0, 0.1) is 5.92 Å². The molecule has 2 unspecified atom stereocenters. The summed E-state index contributed by atoms with van der Waals surface area (Å²) in [5, 5.41) is 6.49. The molecule has 2 aliphatic heterocycles. The lowest BCUT2D eigenvalue weighted by atomic mass is 9.92. The smallest absolute Gasteiger partial charge is 0.223 e. The Morgan fingerprint density at radius 3 is 2.94 bits per heavy atom. The minimum absolute atomic E-state index is 0.148. The highest BCUT2D eigenvalue weighted by Crippen LogP contribution is 2.19. The van der Waals surface area contributed by atoms with Gasteiger partial charge in [0.05, 0.1) is 12.1 Å². The highest BCUT2D eigenvalue weighted by molar-refractivity contribution is 5.79. The van der Waals surface area contributed by atoms with Crippen LogP contribution >= 0.6 is 0 Å². The molecule has 0 aromatic rings. The minimum Gasteiger partial charge on any atom is -0.376 e. The van der Waals surface area contributed by atoms with Crippen LogP contribution in [0.5, 0.6) is 0 Å². The van der Waals surface area contributed by atoms with E-state index in [-0.39, 0.29) is 24.0 Å². The van der Waals surface area contributed by atoms with E-state index in [9.17, 15) is 4.79 Å². The highest BCUT2D eigenvalue weighted by Gasteiger charge is 2.28. The zero-order valence-corrected chi connectivity index (χ0v) is 10.9. The van der Waals surface area contributed by atoms with Gasteiger partial charge in [0, 0.05) is 18.6 Å². The Hall–Kier alpha value is -0.610. The average molecular weight is 240 g/mol. The Bertz CT molecular complexity index is 264. The fourth-order valence-corrected chi connectivity index (χ4v) is 2.80. The van der Waals surface area contributed by atoms with Crippen LogP contribution in [0.2, 0.25) is 0 Å². The molecule has 1 amide bonds. The number of ether oxygens (including phenoxy) is 1. The minimum atomic E-state index is 0.148. The molecular formula is C13H24N2O2. The Labute approximate surface area is 103 Å². The van der Waals surface area contributed by atoms with Crippen molar-refractivity contribution < 1.29 is 9.53 Å². The number of carbonyl (C=O) groups excluding carboxylic acids is 1. The van der Waals surface area contributed by atoms with Crippen LogP contribution in [0.3, 0.4) is 0 Å². The zero-order chi connectivity index (χ0) is 12.3. The number of nitrogens with one attached hydrogen (secondary N) is 2. The summed E-state index contributed by atoms with van der Waals surface area (Å²) < 4.78 is 5.60. The lowest BCUT2D eigenvalue weighted by Gasteiger charge is -2.29. The summed E-state index contributed by atoms with van der Waals surface area (Å²) in [6, 6.07) is 0.604. The normalized spacial score (nSPS) is 35.5. The molecule has 0 spiro atoms. The van der Waals surface area contributed by atoms with Gasteiger partial charge in [-0.15, -0.1) is 0 Å². The molecule has 98 valence electrons. The monoisotopic (exact) mass is 240 g/mol. The van der Waals surface area contributed by atoms with Crippen LogP contribution in [-0.2, 0) is 9.53 Å². The zero-order valence-electron chi connectivity index (χ0n) is 10.9. The first kappa shape index (κ1) is 12.8. The van der Waals surface area contributed by atoms with Crippen molar-refractivity contribution in [2.45, 2.75) is 57.7 Å². The maximum absolute atomic E-state index is 12.1. The fraction of sp³-hybridized carbons (Fsp3) is 0.923. The van der Waals surface area contributed by atoms with E-state index >= 15 is 0 Å². The van der Waals surface area contributed by atoms with Gasteiger partial charge in [-0.05, 0) is 46.1 Å². The van der Waals surface area contributed by atoms with Gasteiger partial charge in [-0.2, -0.15) is 0 Å². The van der Waals surface area contributed by atoms with Crippen LogP contribution in [0.4, 0.5) is 0 Å². The Morgan fingerprint density at radius 2 is 2.29 bits per heavy atom. The highest BCUT2D eigenvalue weighted by atomic mass is 16.5. The van der Waals surface area contributed by atoms with E-state index in [4.69, 9.17) is 4.74 Å². The van der Waals surface area contributed by atoms with Gasteiger partial charge < -0.3 is 15.4 Å². The largest absolute Gasteiger partial charge is 0.376 e. The number of amides is 1. The molecular weight excluding hydrogens is 216 g/mol. The van der Waals surface area contributed by atoms with Crippen LogP contribution in [0.1, 0.15) is 39.5 Å². The molecule has 0 radical (unpaired) electrons. The van der Waals surface area contributed by atoms with Gasteiger partial charge in [0.15, 0.2) is 0 Å². The van der Waals surface area contributed by atoms with Gasteiger partial charge in [-0.3, -0.25) is 4.79 Å². The Kier molecular flexibility index (Phi) is 4.40. The molecule has 4 nitrogen and oxygen atoms in total. The standard InChI is InChI=1S/C13H24N2O2/c1-9-8-11(5-6-14-9)13(16)15-10(2)12-4-3-7-17-12/h9-12,14H,3-8H2,1-2H3,(H,15,16)/t9-,10?,11-,12?/m0/s1. The van der Waals surface area contributed by atoms with E-state index in [0.717, 1.165) is 38.8 Å². The second-order valence-corrected chi connectivity index (χ2v) is 5.43. The number of hydrogen-bond acceptors (Lipinski definition) is 3. The van der Waals surface area contributed by atoms with Crippen LogP contribution < -0.4 is 10.6 Å². The average Bonchev–Trinajstić information content (AvgIpc) is 2.82. The fourth-order valence-electron chi connectivity index (χ4n) is 2.80. The van der Waals surface area contributed by atoms with Gasteiger partial charge in [0.1, 0.15) is 0 Å². The quantitative estimate of drug-likeness (QED) is 0.775. The molecule has 0 saturated carbocycles. The summed E-state index contributed by atoms with van der Waals surface area (Å²) in [6.07, 6.45) is 4.32. The van der Waals surface area contributed by atoms with Crippen molar-refractivity contribution in [3.8, 4) is 0 Å². The first-order valence-electron chi connectivity index (χ1n) is 6.82. The molecule has 2 heterocycles. The maximum Gasteiger partial charge on any atom is 0.223 e. The third-order valence-corrected chi connectivity index (χ3v) is 3.89. The van der Waals surface area contributed by atoms with Crippen molar-refractivity contribution in [1.82, 2.24) is 10.6 Å². The molecule has 4 atom stereocenters. The first-order valence-corrected chi connectivity index (χ1v) is 6.82. The summed E-state index contributed by atoms with van der Waals surface area (Å²) in [4.78, 5) is 12.1. The molecule has 2 fully saturated rings. The van der Waals surface area contributed by atoms with E-state index in [0.29, 0.717) is 6.04 Å². The predicted octanol–water partition coefficient (Wildman–Crippen LogP) is 1.06.